The van der Waals surface area contributed by atoms with E-state index in [-0.39, 0.29) is 6.61 Å². The Morgan fingerprint density at radius 1 is 0.931 bits per heavy atom. The second kappa shape index (κ2) is 10.1. The third kappa shape index (κ3) is 5.95. The van der Waals surface area contributed by atoms with Gasteiger partial charge in [-0.15, -0.1) is 0 Å². The van der Waals surface area contributed by atoms with Crippen LogP contribution in [-0.4, -0.2) is 41.7 Å². The lowest BCUT2D eigenvalue weighted by atomic mass is 10.1. The van der Waals surface area contributed by atoms with E-state index in [9.17, 15) is 9.59 Å². The van der Waals surface area contributed by atoms with E-state index in [0.717, 1.165) is 6.54 Å². The zero-order chi connectivity index (χ0) is 20.5. The molecule has 0 radical (unpaired) electrons. The number of ether oxygens (including phenoxy) is 1. The van der Waals surface area contributed by atoms with E-state index in [4.69, 9.17) is 4.74 Å². The fraction of sp³-hybridized carbons (Fsp3) is 0.182. The summed E-state index contributed by atoms with van der Waals surface area (Å²) in [4.78, 5) is 26.4. The van der Waals surface area contributed by atoms with Crippen molar-refractivity contribution >= 4 is 12.0 Å². The minimum atomic E-state index is -0.704. The van der Waals surface area contributed by atoms with Crippen LogP contribution in [0.5, 0.6) is 0 Å². The third-order valence-corrected chi connectivity index (χ3v) is 4.31. The van der Waals surface area contributed by atoms with Crippen molar-refractivity contribution in [2.45, 2.75) is 6.54 Å². The normalized spacial score (nSPS) is 10.6. The summed E-state index contributed by atoms with van der Waals surface area (Å²) in [5.74, 6) is -0.424. The van der Waals surface area contributed by atoms with Gasteiger partial charge in [0.15, 0.2) is 0 Å². The molecule has 7 heteroatoms. The van der Waals surface area contributed by atoms with E-state index in [0.29, 0.717) is 17.8 Å². The molecule has 0 atom stereocenters. The standard InChI is InChI=1S/C22H24N4O3/c1-25(17-18-9-3-2-4-10-18)15-16-29-22(28)24-23-21(27)19-11-5-6-12-20(19)26-13-7-8-14-26/h2-14H,15-17H2,1H3,(H,23,27)(H,24,28). The number of benzene rings is 2. The molecule has 0 saturated carbocycles. The molecule has 0 saturated heterocycles. The summed E-state index contributed by atoms with van der Waals surface area (Å²) >= 11 is 0. The van der Waals surface area contributed by atoms with Crippen molar-refractivity contribution in [3.8, 4) is 5.69 Å². The molecule has 3 aromatic rings. The Morgan fingerprint density at radius 3 is 2.38 bits per heavy atom. The predicted molar refractivity (Wildman–Crippen MR) is 110 cm³/mol. The molecule has 1 heterocycles. The van der Waals surface area contributed by atoms with Crippen molar-refractivity contribution < 1.29 is 14.3 Å². The molecule has 0 aliphatic rings. The zero-order valence-corrected chi connectivity index (χ0v) is 16.2. The van der Waals surface area contributed by atoms with Gasteiger partial charge in [0, 0.05) is 25.5 Å². The molecule has 150 valence electrons. The Morgan fingerprint density at radius 2 is 1.62 bits per heavy atom. The molecular weight excluding hydrogens is 368 g/mol. The molecule has 0 aliphatic heterocycles. The first-order valence-electron chi connectivity index (χ1n) is 9.31. The summed E-state index contributed by atoms with van der Waals surface area (Å²) in [7, 11) is 1.95. The number of amides is 2. The Balaban J connectivity index is 1.42. The Kier molecular flexibility index (Phi) is 7.02. The summed E-state index contributed by atoms with van der Waals surface area (Å²) in [6.45, 7) is 1.55. The van der Waals surface area contributed by atoms with E-state index in [1.807, 2.05) is 78.6 Å². The second-order valence-electron chi connectivity index (χ2n) is 6.55. The maximum atomic E-state index is 12.4. The number of nitrogens with zero attached hydrogens (tertiary/aromatic N) is 2. The van der Waals surface area contributed by atoms with Crippen LogP contribution >= 0.6 is 0 Å². The average Bonchev–Trinajstić information content (AvgIpc) is 3.27. The summed E-state index contributed by atoms with van der Waals surface area (Å²) in [6, 6.07) is 20.9. The maximum Gasteiger partial charge on any atom is 0.426 e. The molecule has 7 nitrogen and oxygen atoms in total. The van der Waals surface area contributed by atoms with E-state index >= 15 is 0 Å². The van der Waals surface area contributed by atoms with Gasteiger partial charge >= 0.3 is 6.09 Å². The lowest BCUT2D eigenvalue weighted by molar-refractivity contribution is 0.0901. The van der Waals surface area contributed by atoms with Gasteiger partial charge in [-0.1, -0.05) is 42.5 Å². The van der Waals surface area contributed by atoms with Gasteiger partial charge in [-0.05, 0) is 36.9 Å². The van der Waals surface area contributed by atoms with Crippen molar-refractivity contribution in [3.05, 3.63) is 90.3 Å². The summed E-state index contributed by atoms with van der Waals surface area (Å²) in [5, 5.41) is 0. The maximum absolute atomic E-state index is 12.4. The highest BCUT2D eigenvalue weighted by molar-refractivity contribution is 5.98. The van der Waals surface area contributed by atoms with Gasteiger partial charge in [0.25, 0.3) is 5.91 Å². The highest BCUT2D eigenvalue weighted by Gasteiger charge is 2.13. The summed E-state index contributed by atoms with van der Waals surface area (Å²) in [6.07, 6.45) is 2.99. The average molecular weight is 392 g/mol. The molecule has 3 rings (SSSR count). The van der Waals surface area contributed by atoms with Crippen molar-refractivity contribution in [2.24, 2.45) is 0 Å². The number of aromatic nitrogens is 1. The molecular formula is C22H24N4O3. The number of hydrogen-bond acceptors (Lipinski definition) is 4. The SMILES string of the molecule is CN(CCOC(=O)NNC(=O)c1ccccc1-n1cccc1)Cc1ccccc1. The van der Waals surface area contributed by atoms with Crippen molar-refractivity contribution in [3.63, 3.8) is 0 Å². The number of rotatable bonds is 7. The number of para-hydroxylation sites is 1. The topological polar surface area (TPSA) is 75.6 Å². The second-order valence-corrected chi connectivity index (χ2v) is 6.55. The van der Waals surface area contributed by atoms with Crippen LogP contribution in [0, 0.1) is 0 Å². The first-order chi connectivity index (χ1) is 14.1. The lowest BCUT2D eigenvalue weighted by Gasteiger charge is -2.17. The first-order valence-corrected chi connectivity index (χ1v) is 9.31. The summed E-state index contributed by atoms with van der Waals surface area (Å²) < 4.78 is 6.96. The molecule has 2 aromatic carbocycles. The highest BCUT2D eigenvalue weighted by Crippen LogP contribution is 2.14. The van der Waals surface area contributed by atoms with Gasteiger partial charge < -0.3 is 9.30 Å². The molecule has 2 N–H and O–H groups in total. The number of hydrazine groups is 1. The molecule has 0 unspecified atom stereocenters. The molecule has 0 aliphatic carbocycles. The predicted octanol–water partition coefficient (Wildman–Crippen LogP) is 2.98. The van der Waals surface area contributed by atoms with Gasteiger partial charge in [0.2, 0.25) is 0 Å². The number of likely N-dealkylation sites (N-methyl/N-ethyl adjacent to an activating group) is 1. The van der Waals surface area contributed by atoms with Crippen molar-refractivity contribution in [2.75, 3.05) is 20.2 Å². The smallest absolute Gasteiger partial charge is 0.426 e. The van der Waals surface area contributed by atoms with E-state index in [2.05, 4.69) is 15.8 Å². The van der Waals surface area contributed by atoms with E-state index in [1.165, 1.54) is 5.56 Å². The minimum Gasteiger partial charge on any atom is -0.447 e. The van der Waals surface area contributed by atoms with Gasteiger partial charge in [-0.3, -0.25) is 15.1 Å². The molecule has 0 fully saturated rings. The Hall–Kier alpha value is -3.58. The Labute approximate surface area is 169 Å². The first kappa shape index (κ1) is 20.2. The van der Waals surface area contributed by atoms with E-state index < -0.39 is 12.0 Å². The molecule has 1 aromatic heterocycles. The number of nitrogens with one attached hydrogen (secondary N) is 2. The number of hydrogen-bond donors (Lipinski definition) is 2. The van der Waals surface area contributed by atoms with Crippen molar-refractivity contribution in [1.82, 2.24) is 20.3 Å². The number of carbonyl (C=O) groups is 2. The fourth-order valence-corrected chi connectivity index (χ4v) is 2.87. The zero-order valence-electron chi connectivity index (χ0n) is 16.2. The minimum absolute atomic E-state index is 0.213. The van der Waals surface area contributed by atoms with Crippen LogP contribution in [0.4, 0.5) is 4.79 Å². The summed E-state index contributed by atoms with van der Waals surface area (Å²) in [5.41, 5.74) is 7.02. The number of carbonyl (C=O) groups excluding carboxylic acids is 2. The molecule has 2 amide bonds. The van der Waals surface area contributed by atoms with Crippen molar-refractivity contribution in [1.29, 1.82) is 0 Å². The largest absolute Gasteiger partial charge is 0.447 e. The Bertz CT molecular complexity index is 926. The van der Waals surface area contributed by atoms with Crippen LogP contribution in [-0.2, 0) is 11.3 Å². The van der Waals surface area contributed by atoms with Crippen LogP contribution in [0.3, 0.4) is 0 Å². The monoisotopic (exact) mass is 392 g/mol. The van der Waals surface area contributed by atoms with Crippen LogP contribution in [0.1, 0.15) is 15.9 Å². The van der Waals surface area contributed by atoms with Gasteiger partial charge in [0.05, 0.1) is 11.3 Å². The van der Waals surface area contributed by atoms with Crippen LogP contribution < -0.4 is 10.9 Å². The highest BCUT2D eigenvalue weighted by atomic mass is 16.6. The van der Waals surface area contributed by atoms with Gasteiger partial charge in [-0.25, -0.2) is 10.2 Å². The van der Waals surface area contributed by atoms with Crippen LogP contribution in [0.25, 0.3) is 5.69 Å². The van der Waals surface area contributed by atoms with Gasteiger partial charge in [-0.2, -0.15) is 0 Å². The van der Waals surface area contributed by atoms with E-state index in [1.54, 1.807) is 12.1 Å². The van der Waals surface area contributed by atoms with Crippen LogP contribution in [0.15, 0.2) is 79.1 Å². The molecule has 0 bridgehead atoms. The lowest BCUT2D eigenvalue weighted by Crippen LogP contribution is -2.42. The van der Waals surface area contributed by atoms with Gasteiger partial charge in [0.1, 0.15) is 6.61 Å². The third-order valence-electron chi connectivity index (χ3n) is 4.31. The fourth-order valence-electron chi connectivity index (χ4n) is 2.87. The quantitative estimate of drug-likeness (QED) is 0.606. The molecule has 0 spiro atoms. The van der Waals surface area contributed by atoms with Crippen LogP contribution in [0.2, 0.25) is 0 Å². The molecule has 29 heavy (non-hydrogen) atoms.